The van der Waals surface area contributed by atoms with Gasteiger partial charge in [0.2, 0.25) is 0 Å². The molecular formula is C12H10ClF3N2. The normalized spacial score (nSPS) is 12.1. The zero-order valence-electron chi connectivity index (χ0n) is 9.69. The molecule has 0 radical (unpaired) electrons. The summed E-state index contributed by atoms with van der Waals surface area (Å²) >= 11 is 5.87. The molecule has 0 atom stereocenters. The zero-order chi connectivity index (χ0) is 13.7. The fourth-order valence-electron chi connectivity index (χ4n) is 1.89. The first-order valence-electron chi connectivity index (χ1n) is 5.15. The third-order valence-electron chi connectivity index (χ3n) is 2.81. The lowest BCUT2D eigenvalue weighted by molar-refractivity contribution is -0.141. The van der Waals surface area contributed by atoms with Gasteiger partial charge in [0.05, 0.1) is 5.52 Å². The molecule has 1 heterocycles. The molecule has 2 nitrogen and oxygen atoms in total. The number of aryl methyl sites for hydroxylation is 1. The third kappa shape index (κ3) is 1.99. The van der Waals surface area contributed by atoms with E-state index in [2.05, 4.69) is 4.98 Å². The van der Waals surface area contributed by atoms with Crippen LogP contribution in [0.2, 0.25) is 5.02 Å². The lowest BCUT2D eigenvalue weighted by Gasteiger charge is -2.14. The molecule has 0 aliphatic carbocycles. The molecule has 1 aromatic heterocycles. The van der Waals surface area contributed by atoms with Crippen molar-refractivity contribution in [2.45, 2.75) is 20.0 Å². The molecule has 0 unspecified atom stereocenters. The number of pyridine rings is 1. The second-order valence-electron chi connectivity index (χ2n) is 4.12. The highest BCUT2D eigenvalue weighted by molar-refractivity contribution is 6.31. The second-order valence-corrected chi connectivity index (χ2v) is 4.55. The summed E-state index contributed by atoms with van der Waals surface area (Å²) in [5.74, 6) is 0. The van der Waals surface area contributed by atoms with Gasteiger partial charge in [0.1, 0.15) is 5.69 Å². The van der Waals surface area contributed by atoms with Crippen molar-refractivity contribution in [3.63, 3.8) is 0 Å². The van der Waals surface area contributed by atoms with E-state index < -0.39 is 11.9 Å². The number of nitrogens with two attached hydrogens (primary N) is 1. The number of hydrogen-bond acceptors (Lipinski definition) is 2. The average Bonchev–Trinajstić information content (AvgIpc) is 2.22. The number of halogens is 4. The van der Waals surface area contributed by atoms with E-state index in [0.29, 0.717) is 16.0 Å². The van der Waals surface area contributed by atoms with E-state index in [-0.39, 0.29) is 16.8 Å². The fraction of sp³-hybridized carbons (Fsp3) is 0.250. The van der Waals surface area contributed by atoms with Gasteiger partial charge in [-0.1, -0.05) is 11.6 Å². The smallest absolute Gasteiger partial charge is 0.398 e. The van der Waals surface area contributed by atoms with Crippen molar-refractivity contribution in [2.24, 2.45) is 0 Å². The fourth-order valence-corrected chi connectivity index (χ4v) is 2.16. The lowest BCUT2D eigenvalue weighted by atomic mass is 10.0. The number of fused-ring (bicyclic) bond motifs is 1. The van der Waals surface area contributed by atoms with Gasteiger partial charge in [-0.3, -0.25) is 0 Å². The van der Waals surface area contributed by atoms with Crippen molar-refractivity contribution >= 4 is 28.2 Å². The van der Waals surface area contributed by atoms with Gasteiger partial charge in [-0.2, -0.15) is 13.2 Å². The maximum atomic E-state index is 12.8. The van der Waals surface area contributed by atoms with Crippen LogP contribution in [0.25, 0.3) is 10.9 Å². The monoisotopic (exact) mass is 274 g/mol. The Labute approximate surface area is 107 Å². The standard InChI is InChI=1S/C12H10ClF3N2/c1-5-3-7(13)4-8-9(17)6(2)11(12(14,15)16)18-10(5)8/h3-4H,1-2H3,(H2,17,18). The van der Waals surface area contributed by atoms with Gasteiger partial charge in [0.15, 0.2) is 0 Å². The van der Waals surface area contributed by atoms with Gasteiger partial charge in [-0.25, -0.2) is 4.98 Å². The minimum Gasteiger partial charge on any atom is -0.398 e. The van der Waals surface area contributed by atoms with Gasteiger partial charge in [-0.15, -0.1) is 0 Å². The predicted octanol–water partition coefficient (Wildman–Crippen LogP) is 4.11. The number of benzene rings is 1. The summed E-state index contributed by atoms with van der Waals surface area (Å²) in [6, 6.07) is 3.09. The van der Waals surface area contributed by atoms with Crippen molar-refractivity contribution in [3.8, 4) is 0 Å². The summed E-state index contributed by atoms with van der Waals surface area (Å²) < 4.78 is 38.5. The van der Waals surface area contributed by atoms with Crippen molar-refractivity contribution in [2.75, 3.05) is 5.73 Å². The first-order chi connectivity index (χ1) is 8.21. The molecule has 0 saturated heterocycles. The Hall–Kier alpha value is -1.49. The number of hydrogen-bond donors (Lipinski definition) is 1. The highest BCUT2D eigenvalue weighted by Gasteiger charge is 2.35. The third-order valence-corrected chi connectivity index (χ3v) is 3.02. The molecule has 2 N–H and O–H groups in total. The molecule has 0 bridgehead atoms. The number of alkyl halides is 3. The molecule has 96 valence electrons. The van der Waals surface area contributed by atoms with Crippen LogP contribution in [0.15, 0.2) is 12.1 Å². The van der Waals surface area contributed by atoms with Crippen LogP contribution in [0.3, 0.4) is 0 Å². The number of nitrogens with zero attached hydrogens (tertiary/aromatic N) is 1. The number of anilines is 1. The van der Waals surface area contributed by atoms with E-state index >= 15 is 0 Å². The van der Waals surface area contributed by atoms with Crippen LogP contribution in [0, 0.1) is 13.8 Å². The Morgan fingerprint density at radius 1 is 1.22 bits per heavy atom. The van der Waals surface area contributed by atoms with E-state index in [9.17, 15) is 13.2 Å². The molecule has 1 aromatic carbocycles. The van der Waals surface area contributed by atoms with E-state index in [1.54, 1.807) is 13.0 Å². The zero-order valence-corrected chi connectivity index (χ0v) is 10.4. The Morgan fingerprint density at radius 2 is 1.83 bits per heavy atom. The predicted molar refractivity (Wildman–Crippen MR) is 65.6 cm³/mol. The molecule has 6 heteroatoms. The van der Waals surface area contributed by atoms with Crippen molar-refractivity contribution in [1.29, 1.82) is 0 Å². The van der Waals surface area contributed by atoms with Crippen molar-refractivity contribution < 1.29 is 13.2 Å². The highest BCUT2D eigenvalue weighted by atomic mass is 35.5. The highest BCUT2D eigenvalue weighted by Crippen LogP contribution is 2.37. The molecule has 18 heavy (non-hydrogen) atoms. The summed E-state index contributed by atoms with van der Waals surface area (Å²) in [6.07, 6.45) is -4.52. The molecule has 0 saturated carbocycles. The summed E-state index contributed by atoms with van der Waals surface area (Å²) in [5, 5.41) is 0.873. The molecule has 0 fully saturated rings. The molecule has 2 rings (SSSR count). The topological polar surface area (TPSA) is 38.9 Å². The summed E-state index contributed by atoms with van der Waals surface area (Å²) in [6.45, 7) is 2.96. The molecule has 0 amide bonds. The Bertz CT molecular complexity index is 635. The molecule has 0 spiro atoms. The first-order valence-corrected chi connectivity index (χ1v) is 5.52. The van der Waals surface area contributed by atoms with E-state index in [1.165, 1.54) is 13.0 Å². The van der Waals surface area contributed by atoms with Crippen LogP contribution in [0.4, 0.5) is 18.9 Å². The lowest BCUT2D eigenvalue weighted by Crippen LogP contribution is -2.13. The van der Waals surface area contributed by atoms with Gasteiger partial charge in [0, 0.05) is 21.7 Å². The average molecular weight is 275 g/mol. The Balaban J connectivity index is 2.93. The number of rotatable bonds is 0. The summed E-state index contributed by atoms with van der Waals surface area (Å²) in [7, 11) is 0. The van der Waals surface area contributed by atoms with Gasteiger partial charge < -0.3 is 5.73 Å². The largest absolute Gasteiger partial charge is 0.433 e. The van der Waals surface area contributed by atoms with Crippen LogP contribution in [-0.4, -0.2) is 4.98 Å². The van der Waals surface area contributed by atoms with Crippen molar-refractivity contribution in [1.82, 2.24) is 4.98 Å². The van der Waals surface area contributed by atoms with E-state index in [1.807, 2.05) is 0 Å². The van der Waals surface area contributed by atoms with E-state index in [0.717, 1.165) is 0 Å². The number of aromatic nitrogens is 1. The minimum absolute atomic E-state index is 0.0675. The minimum atomic E-state index is -4.52. The van der Waals surface area contributed by atoms with Gasteiger partial charge >= 0.3 is 6.18 Å². The molecule has 2 aromatic rings. The van der Waals surface area contributed by atoms with Crippen LogP contribution in [0.5, 0.6) is 0 Å². The van der Waals surface area contributed by atoms with Gasteiger partial charge in [0.25, 0.3) is 0 Å². The van der Waals surface area contributed by atoms with Crippen molar-refractivity contribution in [3.05, 3.63) is 34.0 Å². The maximum Gasteiger partial charge on any atom is 0.433 e. The summed E-state index contributed by atoms with van der Waals surface area (Å²) in [4.78, 5) is 3.68. The van der Waals surface area contributed by atoms with Crippen LogP contribution >= 0.6 is 11.6 Å². The second kappa shape index (κ2) is 4.02. The first kappa shape index (κ1) is 13.0. The molecule has 0 aliphatic rings. The van der Waals surface area contributed by atoms with Crippen LogP contribution in [0.1, 0.15) is 16.8 Å². The van der Waals surface area contributed by atoms with E-state index in [4.69, 9.17) is 17.3 Å². The van der Waals surface area contributed by atoms with Crippen LogP contribution in [-0.2, 0) is 6.18 Å². The molecular weight excluding hydrogens is 265 g/mol. The maximum absolute atomic E-state index is 12.8. The quantitative estimate of drug-likeness (QED) is 0.785. The number of nitrogen functional groups attached to an aromatic ring is 1. The molecule has 0 aliphatic heterocycles. The SMILES string of the molecule is Cc1c(C(F)(F)F)nc2c(C)cc(Cl)cc2c1N. The van der Waals surface area contributed by atoms with Gasteiger partial charge in [-0.05, 0) is 31.5 Å². The van der Waals surface area contributed by atoms with Crippen LogP contribution < -0.4 is 5.73 Å². The Morgan fingerprint density at radius 3 is 2.39 bits per heavy atom. The summed E-state index contributed by atoms with van der Waals surface area (Å²) in [5.41, 5.74) is 5.60. The Kier molecular flexibility index (Phi) is 2.89.